The fourth-order valence-electron chi connectivity index (χ4n) is 3.53. The van der Waals surface area contributed by atoms with Gasteiger partial charge in [0.1, 0.15) is 30.4 Å². The molecule has 1 aliphatic rings. The summed E-state index contributed by atoms with van der Waals surface area (Å²) in [4.78, 5) is 24.7. The fourth-order valence-corrected chi connectivity index (χ4v) is 4.24. The highest BCUT2D eigenvalue weighted by Crippen LogP contribution is 2.32. The minimum Gasteiger partial charge on any atom is -0.507 e. The molecular weight excluding hydrogens is 484 g/mol. The maximum absolute atomic E-state index is 12.2. The molecule has 15 heteroatoms. The number of aromatic hydroxyl groups is 1. The number of imidazole rings is 1. The average Bonchev–Trinajstić information content (AvgIpc) is 3.37. The molecule has 0 radical (unpaired) electrons. The van der Waals surface area contributed by atoms with E-state index in [1.807, 2.05) is 6.92 Å². The predicted octanol–water partition coefficient (Wildman–Crippen LogP) is -0.336. The van der Waals surface area contributed by atoms with Crippen molar-refractivity contribution in [3.63, 3.8) is 0 Å². The second-order valence-electron chi connectivity index (χ2n) is 7.71. The first kappa shape index (κ1) is 24.7. The van der Waals surface area contributed by atoms with E-state index < -0.39 is 53.1 Å². The van der Waals surface area contributed by atoms with Gasteiger partial charge in [-0.2, -0.15) is 8.42 Å². The van der Waals surface area contributed by atoms with Crippen LogP contribution < -0.4 is 10.0 Å². The largest absolute Gasteiger partial charge is 0.507 e. The third-order valence-corrected chi connectivity index (χ3v) is 6.15. The van der Waals surface area contributed by atoms with Crippen LogP contribution in [-0.2, 0) is 19.2 Å². The Bertz CT molecular complexity index is 1320. The van der Waals surface area contributed by atoms with Gasteiger partial charge in [-0.3, -0.25) is 13.5 Å². The van der Waals surface area contributed by atoms with Crippen molar-refractivity contribution >= 4 is 33.2 Å². The molecule has 35 heavy (non-hydrogen) atoms. The number of anilines is 1. The van der Waals surface area contributed by atoms with Gasteiger partial charge in [0.15, 0.2) is 23.2 Å². The number of nitrogens with one attached hydrogen (secondary N) is 2. The molecular formula is C20H24N6O8S. The van der Waals surface area contributed by atoms with Gasteiger partial charge >= 0.3 is 10.3 Å². The van der Waals surface area contributed by atoms with Crippen molar-refractivity contribution in [3.8, 4) is 5.75 Å². The van der Waals surface area contributed by atoms with Gasteiger partial charge in [0.2, 0.25) is 0 Å². The summed E-state index contributed by atoms with van der Waals surface area (Å²) in [5, 5.41) is 33.8. The van der Waals surface area contributed by atoms with Gasteiger partial charge in [-0.05, 0) is 18.6 Å². The number of nitrogens with zero attached hydrogens (tertiary/aromatic N) is 4. The normalized spacial score (nSPS) is 22.4. The van der Waals surface area contributed by atoms with Crippen LogP contribution in [0.5, 0.6) is 5.75 Å². The van der Waals surface area contributed by atoms with E-state index >= 15 is 0 Å². The van der Waals surface area contributed by atoms with Gasteiger partial charge in [-0.15, -0.1) is 0 Å². The van der Waals surface area contributed by atoms with Crippen LogP contribution in [0.25, 0.3) is 11.2 Å². The van der Waals surface area contributed by atoms with E-state index in [2.05, 4.69) is 20.3 Å². The Hall–Kier alpha value is -3.37. The lowest BCUT2D eigenvalue weighted by Gasteiger charge is -2.16. The van der Waals surface area contributed by atoms with Gasteiger partial charge < -0.3 is 25.4 Å². The zero-order chi connectivity index (χ0) is 25.2. The number of phenolic OH excluding ortho intramolecular Hbond substituents is 1. The summed E-state index contributed by atoms with van der Waals surface area (Å²) in [5.41, 5.74) is 0.494. The first-order valence-electron chi connectivity index (χ1n) is 10.6. The van der Waals surface area contributed by atoms with Crippen LogP contribution in [0.2, 0.25) is 0 Å². The third kappa shape index (κ3) is 5.18. The summed E-state index contributed by atoms with van der Waals surface area (Å²) in [5.74, 6) is -1.02. The number of benzene rings is 1. The summed E-state index contributed by atoms with van der Waals surface area (Å²) in [7, 11) is -4.63. The number of carbonyl (C=O) groups is 1. The van der Waals surface area contributed by atoms with Gasteiger partial charge in [0, 0.05) is 6.54 Å². The molecule has 2 aromatic heterocycles. The third-order valence-electron chi connectivity index (χ3n) is 5.27. The first-order valence-corrected chi connectivity index (χ1v) is 12.0. The minimum absolute atomic E-state index is 0.269. The number of amides is 1. The van der Waals surface area contributed by atoms with Crippen molar-refractivity contribution in [1.29, 1.82) is 0 Å². The molecule has 0 bridgehead atoms. The van der Waals surface area contributed by atoms with E-state index in [0.29, 0.717) is 23.5 Å². The monoisotopic (exact) mass is 508 g/mol. The summed E-state index contributed by atoms with van der Waals surface area (Å²) < 4.78 is 37.9. The number of hydrogen-bond acceptors (Lipinski definition) is 12. The van der Waals surface area contributed by atoms with Crippen LogP contribution in [0.1, 0.15) is 29.9 Å². The summed E-state index contributed by atoms with van der Waals surface area (Å²) >= 11 is 0. The number of hydrogen-bond donors (Lipinski definition) is 5. The molecule has 1 amide bonds. The van der Waals surface area contributed by atoms with Crippen molar-refractivity contribution in [2.45, 2.75) is 37.9 Å². The Kier molecular flexibility index (Phi) is 7.13. The minimum atomic E-state index is -4.63. The van der Waals surface area contributed by atoms with Crippen molar-refractivity contribution in [2.75, 3.05) is 18.5 Å². The average molecular weight is 509 g/mol. The summed E-state index contributed by atoms with van der Waals surface area (Å²) in [6.07, 6.45) is -1.83. The SMILES string of the molecule is CCCNc1ncnc2c1ncn2[C@@H]1O[C@H](COS(=O)(=O)NC(=O)c2ccccc2O)[C@@H](O)[C@H]1O. The molecule has 4 atom stereocenters. The van der Waals surface area contributed by atoms with E-state index in [1.54, 1.807) is 4.72 Å². The zero-order valence-corrected chi connectivity index (χ0v) is 19.3. The van der Waals surface area contributed by atoms with E-state index in [9.17, 15) is 28.5 Å². The molecule has 188 valence electrons. The molecule has 1 saturated heterocycles. The molecule has 1 aromatic carbocycles. The van der Waals surface area contributed by atoms with Gasteiger partial charge in [-0.25, -0.2) is 19.7 Å². The molecule has 14 nitrogen and oxygen atoms in total. The van der Waals surface area contributed by atoms with Gasteiger partial charge in [0.05, 0.1) is 18.5 Å². The number of aliphatic hydroxyl groups excluding tert-OH is 2. The lowest BCUT2D eigenvalue weighted by molar-refractivity contribution is -0.0468. The quantitative estimate of drug-likeness (QED) is 0.252. The highest BCUT2D eigenvalue weighted by Gasteiger charge is 2.45. The predicted molar refractivity (Wildman–Crippen MR) is 120 cm³/mol. The van der Waals surface area contributed by atoms with Crippen molar-refractivity contribution in [3.05, 3.63) is 42.5 Å². The molecule has 3 aromatic rings. The Morgan fingerprint density at radius 3 is 2.71 bits per heavy atom. The number of aliphatic hydroxyl groups is 2. The molecule has 5 N–H and O–H groups in total. The van der Waals surface area contributed by atoms with Crippen LogP contribution in [0.3, 0.4) is 0 Å². The van der Waals surface area contributed by atoms with E-state index in [1.165, 1.54) is 41.5 Å². The standard InChI is InChI=1S/C20H24N6O8S/c1-2-7-21-17-14-18(23-9-22-17)26(10-24-14)20-16(29)15(28)13(34-20)8-33-35(31,32)25-19(30)11-5-3-4-6-12(11)27/h3-6,9-10,13,15-16,20,27-29H,2,7-8H2,1H3,(H,25,30)(H,21,22,23)/t13-,15-,16-,20-/m1/s1. The molecule has 0 aliphatic carbocycles. The Morgan fingerprint density at radius 2 is 1.97 bits per heavy atom. The zero-order valence-electron chi connectivity index (χ0n) is 18.5. The Labute approximate surface area is 199 Å². The second-order valence-corrected chi connectivity index (χ2v) is 9.05. The van der Waals surface area contributed by atoms with E-state index in [0.717, 1.165) is 6.42 Å². The molecule has 3 heterocycles. The lowest BCUT2D eigenvalue weighted by atomic mass is 10.1. The van der Waals surface area contributed by atoms with Crippen LogP contribution in [0.4, 0.5) is 5.82 Å². The fraction of sp³-hybridized carbons (Fsp3) is 0.400. The highest BCUT2D eigenvalue weighted by atomic mass is 32.2. The van der Waals surface area contributed by atoms with Crippen LogP contribution in [0, 0.1) is 0 Å². The van der Waals surface area contributed by atoms with Crippen molar-refractivity contribution in [2.24, 2.45) is 0 Å². The number of ether oxygens (including phenoxy) is 1. The maximum atomic E-state index is 12.2. The summed E-state index contributed by atoms with van der Waals surface area (Å²) in [6, 6.07) is 5.36. The smallest absolute Gasteiger partial charge is 0.362 e. The van der Waals surface area contributed by atoms with Gasteiger partial charge in [0.25, 0.3) is 5.91 Å². The number of fused-ring (bicyclic) bond motifs is 1. The van der Waals surface area contributed by atoms with E-state index in [4.69, 9.17) is 8.92 Å². The first-order chi connectivity index (χ1) is 16.7. The van der Waals surface area contributed by atoms with E-state index in [-0.39, 0.29) is 5.56 Å². The topological polar surface area (TPSA) is 198 Å². The molecule has 0 saturated carbocycles. The molecule has 1 fully saturated rings. The Balaban J connectivity index is 1.44. The van der Waals surface area contributed by atoms with Crippen molar-refractivity contribution < 1.29 is 37.5 Å². The van der Waals surface area contributed by atoms with Crippen LogP contribution in [0.15, 0.2) is 36.9 Å². The Morgan fingerprint density at radius 1 is 1.20 bits per heavy atom. The maximum Gasteiger partial charge on any atom is 0.362 e. The second kappa shape index (κ2) is 10.1. The highest BCUT2D eigenvalue weighted by molar-refractivity contribution is 7.85. The molecule has 1 aliphatic heterocycles. The van der Waals surface area contributed by atoms with Crippen molar-refractivity contribution in [1.82, 2.24) is 24.2 Å². The van der Waals surface area contributed by atoms with Crippen LogP contribution >= 0.6 is 0 Å². The molecule has 4 rings (SSSR count). The summed E-state index contributed by atoms with van der Waals surface area (Å²) in [6.45, 7) is 1.95. The molecule has 0 spiro atoms. The lowest BCUT2D eigenvalue weighted by Crippen LogP contribution is -2.37. The van der Waals surface area contributed by atoms with Gasteiger partial charge in [-0.1, -0.05) is 19.1 Å². The number of phenols is 1. The number of carbonyl (C=O) groups excluding carboxylic acids is 1. The van der Waals surface area contributed by atoms with Crippen LogP contribution in [-0.4, -0.2) is 80.6 Å². The number of para-hydroxylation sites is 1. The number of rotatable bonds is 9. The number of aromatic nitrogens is 4. The molecule has 0 unspecified atom stereocenters.